The van der Waals surface area contributed by atoms with Crippen LogP contribution in [0.15, 0.2) is 18.2 Å². The molecule has 2 rings (SSSR count). The number of halogens is 1. The molecule has 0 heterocycles. The lowest BCUT2D eigenvalue weighted by Gasteiger charge is -2.32. The summed E-state index contributed by atoms with van der Waals surface area (Å²) in [6.07, 6.45) is 5.62. The highest BCUT2D eigenvalue weighted by Gasteiger charge is 2.34. The Morgan fingerprint density at radius 1 is 1.24 bits per heavy atom. The lowest BCUT2D eigenvalue weighted by atomic mass is 9.71. The van der Waals surface area contributed by atoms with Crippen molar-refractivity contribution in [3.63, 3.8) is 0 Å². The number of aryl methyl sites for hydroxylation is 1. The van der Waals surface area contributed by atoms with Crippen LogP contribution in [0.4, 0.5) is 0 Å². The molecule has 1 nitrogen and oxygen atoms in total. The third kappa shape index (κ3) is 2.55. The van der Waals surface area contributed by atoms with E-state index in [1.165, 1.54) is 19.3 Å². The van der Waals surface area contributed by atoms with Gasteiger partial charge in [-0.05, 0) is 31.4 Å². The van der Waals surface area contributed by atoms with Gasteiger partial charge in [0.15, 0.2) is 5.78 Å². The minimum Gasteiger partial charge on any atom is -0.294 e. The van der Waals surface area contributed by atoms with Crippen molar-refractivity contribution < 1.29 is 4.79 Å². The summed E-state index contributed by atoms with van der Waals surface area (Å²) in [4.78, 5) is 12.5. The predicted molar refractivity (Wildman–Crippen MR) is 71.7 cm³/mol. The standard InChI is InChI=1S/C15H19ClO/c1-11-6-7-12(10-13(11)16)14(17)15(2)8-4-3-5-9-15/h6-7,10H,3-5,8-9H2,1-2H3. The molecule has 0 amide bonds. The number of rotatable bonds is 2. The van der Waals surface area contributed by atoms with Crippen LogP contribution in [0.1, 0.15) is 54.9 Å². The third-order valence-corrected chi connectivity index (χ3v) is 4.35. The monoisotopic (exact) mass is 250 g/mol. The number of carbonyl (C=O) groups excluding carboxylic acids is 1. The first-order valence-electron chi connectivity index (χ1n) is 6.34. The second-order valence-electron chi connectivity index (χ2n) is 5.41. The molecule has 1 aliphatic rings. The quantitative estimate of drug-likeness (QED) is 0.689. The molecule has 0 bridgehead atoms. The van der Waals surface area contributed by atoms with E-state index in [-0.39, 0.29) is 11.2 Å². The Morgan fingerprint density at radius 2 is 1.88 bits per heavy atom. The molecule has 0 unspecified atom stereocenters. The molecule has 1 aromatic carbocycles. The molecule has 0 saturated heterocycles. The summed E-state index contributed by atoms with van der Waals surface area (Å²) in [7, 11) is 0. The van der Waals surface area contributed by atoms with Crippen molar-refractivity contribution >= 4 is 17.4 Å². The molecule has 0 radical (unpaired) electrons. The van der Waals surface area contributed by atoms with E-state index in [2.05, 4.69) is 6.92 Å². The summed E-state index contributed by atoms with van der Waals surface area (Å²) in [5.41, 5.74) is 1.62. The minimum atomic E-state index is -0.170. The summed E-state index contributed by atoms with van der Waals surface area (Å²) in [5, 5.41) is 0.690. The fraction of sp³-hybridized carbons (Fsp3) is 0.533. The molecule has 0 spiro atoms. The molecule has 0 aromatic heterocycles. The number of hydrogen-bond donors (Lipinski definition) is 0. The average molecular weight is 251 g/mol. The van der Waals surface area contributed by atoms with Crippen molar-refractivity contribution in [2.45, 2.75) is 46.0 Å². The number of Topliss-reactive ketones (excluding diaryl/α,β-unsaturated/α-hetero) is 1. The Hall–Kier alpha value is -0.820. The molecule has 0 N–H and O–H groups in total. The van der Waals surface area contributed by atoms with E-state index in [9.17, 15) is 4.79 Å². The van der Waals surface area contributed by atoms with Gasteiger partial charge < -0.3 is 0 Å². The first-order chi connectivity index (χ1) is 8.03. The number of ketones is 1. The van der Waals surface area contributed by atoms with Crippen molar-refractivity contribution in [2.75, 3.05) is 0 Å². The maximum Gasteiger partial charge on any atom is 0.168 e. The molecule has 1 aromatic rings. The van der Waals surface area contributed by atoms with Crippen molar-refractivity contribution in [3.8, 4) is 0 Å². The number of carbonyl (C=O) groups is 1. The third-order valence-electron chi connectivity index (χ3n) is 3.94. The first-order valence-corrected chi connectivity index (χ1v) is 6.72. The van der Waals surface area contributed by atoms with Crippen molar-refractivity contribution in [1.82, 2.24) is 0 Å². The fourth-order valence-corrected chi connectivity index (χ4v) is 2.82. The van der Waals surface area contributed by atoms with E-state index in [1.54, 1.807) is 0 Å². The van der Waals surface area contributed by atoms with Crippen LogP contribution < -0.4 is 0 Å². The fourth-order valence-electron chi connectivity index (χ4n) is 2.64. The van der Waals surface area contributed by atoms with Gasteiger partial charge in [0.2, 0.25) is 0 Å². The van der Waals surface area contributed by atoms with Crippen LogP contribution >= 0.6 is 11.6 Å². The van der Waals surface area contributed by atoms with Crippen LogP contribution in [-0.4, -0.2) is 5.78 Å². The van der Waals surface area contributed by atoms with Gasteiger partial charge in [-0.2, -0.15) is 0 Å². The summed E-state index contributed by atoms with van der Waals surface area (Å²) < 4.78 is 0. The van der Waals surface area contributed by atoms with E-state index in [1.807, 2.05) is 25.1 Å². The summed E-state index contributed by atoms with van der Waals surface area (Å²) in [6, 6.07) is 5.66. The topological polar surface area (TPSA) is 17.1 Å². The average Bonchev–Trinajstić information content (AvgIpc) is 2.33. The van der Waals surface area contributed by atoms with E-state index >= 15 is 0 Å². The highest BCUT2D eigenvalue weighted by Crippen LogP contribution is 2.39. The van der Waals surface area contributed by atoms with Crippen molar-refractivity contribution in [3.05, 3.63) is 34.3 Å². The maximum atomic E-state index is 12.5. The number of hydrogen-bond acceptors (Lipinski definition) is 1. The van der Waals surface area contributed by atoms with Gasteiger partial charge in [0.05, 0.1) is 0 Å². The predicted octanol–water partition coefficient (Wildman–Crippen LogP) is 4.80. The molecule has 17 heavy (non-hydrogen) atoms. The molecule has 1 saturated carbocycles. The van der Waals surface area contributed by atoms with Crippen LogP contribution in [-0.2, 0) is 0 Å². The van der Waals surface area contributed by atoms with Crippen LogP contribution in [0.2, 0.25) is 5.02 Å². The SMILES string of the molecule is Cc1ccc(C(=O)C2(C)CCCCC2)cc1Cl. The Kier molecular flexibility index (Phi) is 3.58. The highest BCUT2D eigenvalue weighted by atomic mass is 35.5. The van der Waals surface area contributed by atoms with E-state index in [0.717, 1.165) is 24.0 Å². The van der Waals surface area contributed by atoms with E-state index in [0.29, 0.717) is 5.02 Å². The molecule has 0 aliphatic heterocycles. The lowest BCUT2D eigenvalue weighted by molar-refractivity contribution is 0.0749. The van der Waals surface area contributed by atoms with Gasteiger partial charge in [0, 0.05) is 16.0 Å². The second kappa shape index (κ2) is 4.81. The zero-order valence-electron chi connectivity index (χ0n) is 10.6. The van der Waals surface area contributed by atoms with Crippen molar-refractivity contribution in [1.29, 1.82) is 0 Å². The maximum absolute atomic E-state index is 12.5. The van der Waals surface area contributed by atoms with Gasteiger partial charge in [-0.25, -0.2) is 0 Å². The zero-order valence-corrected chi connectivity index (χ0v) is 11.3. The van der Waals surface area contributed by atoms with Crippen LogP contribution in [0.3, 0.4) is 0 Å². The van der Waals surface area contributed by atoms with E-state index in [4.69, 9.17) is 11.6 Å². The van der Waals surface area contributed by atoms with Gasteiger partial charge in [-0.1, -0.05) is 49.9 Å². The Bertz CT molecular complexity index is 431. The highest BCUT2D eigenvalue weighted by molar-refractivity contribution is 6.31. The molecule has 1 fully saturated rings. The molecular weight excluding hydrogens is 232 g/mol. The summed E-state index contributed by atoms with van der Waals surface area (Å²) >= 11 is 6.09. The van der Waals surface area contributed by atoms with Gasteiger partial charge >= 0.3 is 0 Å². The van der Waals surface area contributed by atoms with Gasteiger partial charge in [-0.3, -0.25) is 4.79 Å². The Labute approximate surface area is 108 Å². The zero-order chi connectivity index (χ0) is 12.5. The normalized spacial score (nSPS) is 19.0. The molecule has 2 heteroatoms. The molecule has 0 atom stereocenters. The lowest BCUT2D eigenvalue weighted by Crippen LogP contribution is -2.30. The van der Waals surface area contributed by atoms with Crippen LogP contribution in [0.25, 0.3) is 0 Å². The van der Waals surface area contributed by atoms with Crippen LogP contribution in [0.5, 0.6) is 0 Å². The van der Waals surface area contributed by atoms with E-state index < -0.39 is 0 Å². The number of benzene rings is 1. The largest absolute Gasteiger partial charge is 0.294 e. The molecule has 92 valence electrons. The van der Waals surface area contributed by atoms with Gasteiger partial charge in [0.1, 0.15) is 0 Å². The first kappa shape index (κ1) is 12.6. The van der Waals surface area contributed by atoms with Gasteiger partial charge in [-0.15, -0.1) is 0 Å². The smallest absolute Gasteiger partial charge is 0.168 e. The summed E-state index contributed by atoms with van der Waals surface area (Å²) in [6.45, 7) is 4.06. The Balaban J connectivity index is 2.26. The van der Waals surface area contributed by atoms with Crippen molar-refractivity contribution in [2.24, 2.45) is 5.41 Å². The Morgan fingerprint density at radius 3 is 2.47 bits per heavy atom. The summed E-state index contributed by atoms with van der Waals surface area (Å²) in [5.74, 6) is 0.263. The molecular formula is C15H19ClO. The molecule has 1 aliphatic carbocycles. The van der Waals surface area contributed by atoms with Gasteiger partial charge in [0.25, 0.3) is 0 Å². The van der Waals surface area contributed by atoms with Crippen LogP contribution in [0, 0.1) is 12.3 Å². The second-order valence-corrected chi connectivity index (χ2v) is 5.82. The minimum absolute atomic E-state index is 0.170.